The lowest BCUT2D eigenvalue weighted by atomic mass is 9.92. The molecular formula is C40H70N4O9. The molecule has 8 atom stereocenters. The predicted molar refractivity (Wildman–Crippen MR) is 204 cm³/mol. The van der Waals surface area contributed by atoms with Gasteiger partial charge in [-0.3, -0.25) is 24.0 Å². The molecule has 1 aliphatic rings. The number of cyclic esters (lactones) is 1. The molecule has 13 heteroatoms. The maximum absolute atomic E-state index is 13.8. The fourth-order valence-electron chi connectivity index (χ4n) is 6.24. The molecule has 4 amide bonds. The van der Waals surface area contributed by atoms with Gasteiger partial charge >= 0.3 is 5.97 Å². The molecule has 13 nitrogen and oxygen atoms in total. The zero-order valence-electron chi connectivity index (χ0n) is 33.6. The second-order valence-electron chi connectivity index (χ2n) is 15.6. The van der Waals surface area contributed by atoms with Crippen LogP contribution in [0.4, 0.5) is 0 Å². The predicted octanol–water partition coefficient (Wildman–Crippen LogP) is 4.02. The van der Waals surface area contributed by atoms with Crippen molar-refractivity contribution in [1.29, 1.82) is 0 Å². The second-order valence-corrected chi connectivity index (χ2v) is 15.6. The van der Waals surface area contributed by atoms with Crippen molar-refractivity contribution in [3.8, 4) is 0 Å². The number of hydrogen-bond acceptors (Lipinski definition) is 9. The average molecular weight is 751 g/mol. The molecule has 1 heterocycles. The maximum atomic E-state index is 13.8. The fourth-order valence-corrected chi connectivity index (χ4v) is 6.24. The van der Waals surface area contributed by atoms with E-state index in [-0.39, 0.29) is 37.0 Å². The highest BCUT2D eigenvalue weighted by molar-refractivity contribution is 5.96. The average Bonchev–Trinajstić information content (AvgIpc) is 3.08. The van der Waals surface area contributed by atoms with Crippen molar-refractivity contribution < 1.29 is 43.7 Å². The number of hydrogen-bond donors (Lipinski definition) is 6. The summed E-state index contributed by atoms with van der Waals surface area (Å²) in [5.74, 6) is -5.81. The second kappa shape index (κ2) is 25.7. The van der Waals surface area contributed by atoms with E-state index in [0.717, 1.165) is 12.8 Å². The molecule has 0 aromatic carbocycles. The maximum Gasteiger partial charge on any atom is 0.329 e. The van der Waals surface area contributed by atoms with Crippen LogP contribution < -0.4 is 21.3 Å². The van der Waals surface area contributed by atoms with Crippen molar-refractivity contribution in [1.82, 2.24) is 21.3 Å². The van der Waals surface area contributed by atoms with Crippen LogP contribution in [0.3, 0.4) is 0 Å². The summed E-state index contributed by atoms with van der Waals surface area (Å²) in [5.41, 5.74) is 0. The molecule has 53 heavy (non-hydrogen) atoms. The Bertz CT molecular complexity index is 1190. The largest absolute Gasteiger partial charge is 0.460 e. The summed E-state index contributed by atoms with van der Waals surface area (Å²) in [7, 11) is 0. The first kappa shape index (κ1) is 47.7. The van der Waals surface area contributed by atoms with Crippen LogP contribution in [0, 0.1) is 23.7 Å². The quantitative estimate of drug-likeness (QED) is 0.0722. The molecule has 1 aliphatic heterocycles. The van der Waals surface area contributed by atoms with Crippen molar-refractivity contribution in [2.75, 3.05) is 6.61 Å². The van der Waals surface area contributed by atoms with Gasteiger partial charge < -0.3 is 36.2 Å². The molecule has 6 N–H and O–H groups in total. The number of amides is 4. The van der Waals surface area contributed by atoms with Gasteiger partial charge in [0, 0.05) is 6.42 Å². The minimum Gasteiger partial charge on any atom is -0.460 e. The van der Waals surface area contributed by atoms with Crippen LogP contribution in [0.2, 0.25) is 0 Å². The van der Waals surface area contributed by atoms with Crippen molar-refractivity contribution in [2.45, 2.75) is 175 Å². The van der Waals surface area contributed by atoms with E-state index in [9.17, 15) is 39.0 Å². The Hall–Kier alpha value is -3.32. The zero-order chi connectivity index (χ0) is 40.1. The molecule has 0 saturated carbocycles. The molecule has 0 aromatic heterocycles. The molecule has 0 radical (unpaired) electrons. The van der Waals surface area contributed by atoms with Gasteiger partial charge in [-0.1, -0.05) is 86.3 Å². The first-order valence-electron chi connectivity index (χ1n) is 19.9. The number of Topliss-reactive ketones (excluding diaryl/α,β-unsaturated/α-hetero) is 1. The molecule has 0 aliphatic carbocycles. The standard InChI is InChI=1S/C40H70N4O9/c1-9-11-12-13-14-15-16-17-18-19-29-22-35(48)41-31(20-25(3)4)38(50)43-33(24-45)34(47)23-30(28(8)46)37(49)42-32(21-26(5)6)39(51)44-36(27(7)10-2)40(52)53-29/h15-16,25-33,36,45-46H,9-14,17-24H2,1-8H3,(H,41,48)(H,42,49)(H,43,50)(H,44,51)/b16-15+/t27-,28+,29?,30-,31+,32+,33-,36-/m0/s1. The summed E-state index contributed by atoms with van der Waals surface area (Å²) in [6.45, 7) is 13.9. The minimum absolute atomic E-state index is 0.0414. The SMILES string of the molecule is CCCCCC/C=C/CCCC1CC(=O)N[C@H](CC(C)C)C(=O)N[C@@H](CO)C(=O)C[C@@H]([C@@H](C)O)C(=O)N[C@H](CC(C)C)C(=O)N[C@@H]([C@@H](C)CC)C(=O)O1. The van der Waals surface area contributed by atoms with Crippen LogP contribution in [0.5, 0.6) is 0 Å². The van der Waals surface area contributed by atoms with Crippen molar-refractivity contribution in [3.05, 3.63) is 12.2 Å². The summed E-state index contributed by atoms with van der Waals surface area (Å²) in [4.78, 5) is 81.6. The van der Waals surface area contributed by atoms with Gasteiger partial charge in [-0.2, -0.15) is 0 Å². The summed E-state index contributed by atoms with van der Waals surface area (Å²) in [6, 6.07) is -4.68. The first-order chi connectivity index (χ1) is 25.0. The van der Waals surface area contributed by atoms with Crippen LogP contribution in [0.15, 0.2) is 12.2 Å². The number of nitrogens with one attached hydrogen (secondary N) is 4. The molecule has 0 spiro atoms. The van der Waals surface area contributed by atoms with Gasteiger partial charge in [0.15, 0.2) is 5.78 Å². The lowest BCUT2D eigenvalue weighted by molar-refractivity contribution is -0.156. The third-order valence-electron chi connectivity index (χ3n) is 9.68. The van der Waals surface area contributed by atoms with Crippen molar-refractivity contribution in [3.63, 3.8) is 0 Å². The normalized spacial score (nSPS) is 25.9. The van der Waals surface area contributed by atoms with Crippen LogP contribution in [-0.2, 0) is 33.5 Å². The summed E-state index contributed by atoms with van der Waals surface area (Å²) < 4.78 is 5.98. The first-order valence-corrected chi connectivity index (χ1v) is 19.9. The highest BCUT2D eigenvalue weighted by Gasteiger charge is 2.37. The van der Waals surface area contributed by atoms with E-state index in [1.54, 1.807) is 6.92 Å². The number of carbonyl (C=O) groups is 6. The topological polar surface area (TPSA) is 200 Å². The van der Waals surface area contributed by atoms with Crippen LogP contribution >= 0.6 is 0 Å². The number of carbonyl (C=O) groups excluding carboxylic acids is 6. The highest BCUT2D eigenvalue weighted by Crippen LogP contribution is 2.19. The Morgan fingerprint density at radius 3 is 1.83 bits per heavy atom. The van der Waals surface area contributed by atoms with Gasteiger partial charge in [0.2, 0.25) is 23.6 Å². The fraction of sp³-hybridized carbons (Fsp3) is 0.800. The molecule has 0 bridgehead atoms. The Morgan fingerprint density at radius 2 is 1.28 bits per heavy atom. The van der Waals surface area contributed by atoms with Gasteiger partial charge in [-0.25, -0.2) is 4.79 Å². The highest BCUT2D eigenvalue weighted by atomic mass is 16.5. The van der Waals surface area contributed by atoms with Crippen molar-refractivity contribution in [2.24, 2.45) is 23.7 Å². The van der Waals surface area contributed by atoms with Gasteiger partial charge in [0.25, 0.3) is 0 Å². The van der Waals surface area contributed by atoms with E-state index in [2.05, 4.69) is 40.3 Å². The van der Waals surface area contributed by atoms with Gasteiger partial charge in [-0.05, 0) is 69.6 Å². The van der Waals surface area contributed by atoms with Crippen LogP contribution in [0.1, 0.15) is 139 Å². The van der Waals surface area contributed by atoms with Crippen LogP contribution in [-0.4, -0.2) is 88.6 Å². The zero-order valence-corrected chi connectivity index (χ0v) is 33.6. The third kappa shape index (κ3) is 18.5. The van der Waals surface area contributed by atoms with E-state index in [4.69, 9.17) is 4.74 Å². The van der Waals surface area contributed by atoms with E-state index in [1.807, 2.05) is 34.6 Å². The van der Waals surface area contributed by atoms with E-state index in [1.165, 1.54) is 26.2 Å². The number of aliphatic hydroxyl groups excluding tert-OH is 2. The number of aliphatic hydroxyl groups is 2. The van der Waals surface area contributed by atoms with E-state index in [0.29, 0.717) is 25.7 Å². The molecule has 1 unspecified atom stereocenters. The lowest BCUT2D eigenvalue weighted by Crippen LogP contribution is -2.56. The summed E-state index contributed by atoms with van der Waals surface area (Å²) in [6.07, 6.45) is 9.56. The Balaban J connectivity index is 3.56. The Kier molecular flexibility index (Phi) is 23.1. The lowest BCUT2D eigenvalue weighted by Gasteiger charge is -2.29. The number of unbranched alkanes of at least 4 members (excludes halogenated alkanes) is 5. The molecule has 0 aromatic rings. The van der Waals surface area contributed by atoms with Gasteiger partial charge in [-0.15, -0.1) is 0 Å². The van der Waals surface area contributed by atoms with E-state index >= 15 is 0 Å². The third-order valence-corrected chi connectivity index (χ3v) is 9.68. The summed E-state index contributed by atoms with van der Waals surface area (Å²) >= 11 is 0. The molecular weight excluding hydrogens is 680 g/mol. The van der Waals surface area contributed by atoms with Crippen LogP contribution in [0.25, 0.3) is 0 Å². The molecule has 1 saturated heterocycles. The van der Waals surface area contributed by atoms with E-state index < -0.39 is 90.7 Å². The monoisotopic (exact) mass is 751 g/mol. The van der Waals surface area contributed by atoms with Gasteiger partial charge in [0.05, 0.1) is 25.0 Å². The number of rotatable bonds is 17. The number of esters is 1. The number of ketones is 1. The Morgan fingerprint density at radius 1 is 0.717 bits per heavy atom. The number of ether oxygens (including phenoxy) is 1. The molecule has 1 rings (SSSR count). The van der Waals surface area contributed by atoms with Gasteiger partial charge in [0.1, 0.15) is 30.3 Å². The minimum atomic E-state index is -1.41. The van der Waals surface area contributed by atoms with Crippen molar-refractivity contribution >= 4 is 35.4 Å². The molecule has 304 valence electrons. The summed E-state index contributed by atoms with van der Waals surface area (Å²) in [5, 5.41) is 31.4. The smallest absolute Gasteiger partial charge is 0.329 e. The Labute approximate surface area is 317 Å². The number of allylic oxidation sites excluding steroid dienone is 2. The molecule has 1 fully saturated rings.